The maximum atomic E-state index is 11.6. The van der Waals surface area contributed by atoms with Crippen LogP contribution in [0.5, 0.6) is 0 Å². The Labute approximate surface area is 129 Å². The third-order valence-corrected chi connectivity index (χ3v) is 5.11. The van der Waals surface area contributed by atoms with Gasteiger partial charge >= 0.3 is 0 Å². The summed E-state index contributed by atoms with van der Waals surface area (Å²) < 4.78 is 6.00. The van der Waals surface area contributed by atoms with E-state index < -0.39 is 5.91 Å². The number of para-hydroxylation sites is 1. The lowest BCUT2D eigenvalue weighted by atomic mass is 9.83. The molecular weight excluding hydrogens is 278 g/mol. The van der Waals surface area contributed by atoms with E-state index in [9.17, 15) is 4.79 Å². The van der Waals surface area contributed by atoms with Gasteiger partial charge in [0, 0.05) is 6.04 Å². The number of aromatic nitrogens is 1. The lowest BCUT2D eigenvalue weighted by Crippen LogP contribution is -2.46. The molecule has 1 amide bonds. The van der Waals surface area contributed by atoms with Gasteiger partial charge in [-0.05, 0) is 50.9 Å². The summed E-state index contributed by atoms with van der Waals surface area (Å²) in [4.78, 5) is 18.8. The minimum Gasteiger partial charge on any atom is -0.440 e. The van der Waals surface area contributed by atoms with Gasteiger partial charge in [-0.15, -0.1) is 0 Å². The molecule has 5 nitrogen and oxygen atoms in total. The second kappa shape index (κ2) is 5.39. The Morgan fingerprint density at radius 1 is 1.23 bits per heavy atom. The molecule has 116 valence electrons. The minimum absolute atomic E-state index is 0.335. The van der Waals surface area contributed by atoms with Gasteiger partial charge in [-0.3, -0.25) is 9.69 Å². The first-order chi connectivity index (χ1) is 10.7. The molecule has 2 aromatic rings. The van der Waals surface area contributed by atoms with Gasteiger partial charge in [-0.1, -0.05) is 12.5 Å². The van der Waals surface area contributed by atoms with Crippen molar-refractivity contribution in [3.63, 3.8) is 0 Å². The van der Waals surface area contributed by atoms with E-state index in [-0.39, 0.29) is 0 Å². The molecule has 3 heterocycles. The number of rotatable bonds is 2. The van der Waals surface area contributed by atoms with Crippen LogP contribution in [0.3, 0.4) is 0 Å². The van der Waals surface area contributed by atoms with Crippen LogP contribution in [-0.2, 0) is 0 Å². The summed E-state index contributed by atoms with van der Waals surface area (Å²) in [7, 11) is 0. The molecule has 22 heavy (non-hydrogen) atoms. The average molecular weight is 299 g/mol. The van der Waals surface area contributed by atoms with Crippen LogP contribution in [0.25, 0.3) is 11.1 Å². The van der Waals surface area contributed by atoms with Gasteiger partial charge in [0.15, 0.2) is 11.5 Å². The smallest absolute Gasteiger partial charge is 0.251 e. The monoisotopic (exact) mass is 299 g/mol. The Balaban J connectivity index is 1.74. The number of primary amides is 1. The number of piperidine rings is 2. The van der Waals surface area contributed by atoms with Crippen LogP contribution < -0.4 is 5.73 Å². The highest BCUT2D eigenvalue weighted by atomic mass is 16.3. The van der Waals surface area contributed by atoms with Crippen molar-refractivity contribution in [3.8, 4) is 0 Å². The van der Waals surface area contributed by atoms with Crippen molar-refractivity contribution in [3.05, 3.63) is 29.7 Å². The van der Waals surface area contributed by atoms with Gasteiger partial charge in [0.25, 0.3) is 5.91 Å². The van der Waals surface area contributed by atoms with E-state index in [2.05, 4.69) is 9.88 Å². The fraction of sp³-hybridized carbons (Fsp3) is 0.529. The fourth-order valence-electron chi connectivity index (χ4n) is 4.07. The highest BCUT2D eigenvalue weighted by Crippen LogP contribution is 2.38. The topological polar surface area (TPSA) is 72.4 Å². The second-order valence-corrected chi connectivity index (χ2v) is 6.42. The van der Waals surface area contributed by atoms with Gasteiger partial charge in [-0.25, -0.2) is 4.98 Å². The summed E-state index contributed by atoms with van der Waals surface area (Å²) in [5.41, 5.74) is 7.17. The maximum Gasteiger partial charge on any atom is 0.251 e. The molecule has 0 aliphatic carbocycles. The Bertz CT molecular complexity index is 707. The molecule has 2 atom stereocenters. The Kier molecular flexibility index (Phi) is 3.37. The van der Waals surface area contributed by atoms with Crippen molar-refractivity contribution in [2.45, 2.75) is 44.1 Å². The number of amides is 1. The summed E-state index contributed by atoms with van der Waals surface area (Å²) in [6.45, 7) is 2.38. The molecule has 0 radical (unpaired) electrons. The van der Waals surface area contributed by atoms with Crippen molar-refractivity contribution >= 4 is 17.0 Å². The SMILES string of the molecule is NC(=O)c1cccc2oc(C3CCCN4CCCCC34)nc12. The van der Waals surface area contributed by atoms with E-state index in [0.29, 0.717) is 28.6 Å². The zero-order valence-electron chi connectivity index (χ0n) is 12.6. The summed E-state index contributed by atoms with van der Waals surface area (Å²) in [6.07, 6.45) is 6.08. The normalized spacial score (nSPS) is 26.0. The number of nitrogens with two attached hydrogens (primary N) is 1. The second-order valence-electron chi connectivity index (χ2n) is 6.42. The van der Waals surface area contributed by atoms with E-state index in [4.69, 9.17) is 10.2 Å². The van der Waals surface area contributed by atoms with Crippen molar-refractivity contribution in [1.82, 2.24) is 9.88 Å². The predicted octanol–water partition coefficient (Wildman–Crippen LogP) is 2.66. The van der Waals surface area contributed by atoms with E-state index in [1.165, 1.54) is 38.8 Å². The molecule has 2 aliphatic rings. The summed E-state index contributed by atoms with van der Waals surface area (Å²) in [5, 5.41) is 0. The van der Waals surface area contributed by atoms with Crippen LogP contribution in [0.4, 0.5) is 0 Å². The van der Waals surface area contributed by atoms with Gasteiger partial charge in [0.2, 0.25) is 0 Å². The molecule has 2 N–H and O–H groups in total. The zero-order chi connectivity index (χ0) is 15.1. The first-order valence-electron chi connectivity index (χ1n) is 8.17. The van der Waals surface area contributed by atoms with E-state index >= 15 is 0 Å². The Morgan fingerprint density at radius 3 is 2.95 bits per heavy atom. The highest BCUT2D eigenvalue weighted by molar-refractivity contribution is 6.03. The van der Waals surface area contributed by atoms with Crippen LogP contribution in [0.15, 0.2) is 22.6 Å². The van der Waals surface area contributed by atoms with Gasteiger partial charge < -0.3 is 10.2 Å². The molecule has 4 rings (SSSR count). The van der Waals surface area contributed by atoms with Crippen LogP contribution in [-0.4, -0.2) is 34.9 Å². The van der Waals surface area contributed by atoms with Crippen LogP contribution >= 0.6 is 0 Å². The van der Waals surface area contributed by atoms with Crippen LogP contribution in [0.2, 0.25) is 0 Å². The number of benzene rings is 1. The lowest BCUT2D eigenvalue weighted by Gasteiger charge is -2.43. The fourth-order valence-corrected chi connectivity index (χ4v) is 4.07. The van der Waals surface area contributed by atoms with Crippen molar-refractivity contribution in [2.75, 3.05) is 13.1 Å². The lowest BCUT2D eigenvalue weighted by molar-refractivity contribution is 0.0806. The Hall–Kier alpha value is -1.88. The molecular formula is C17H21N3O2. The summed E-state index contributed by atoms with van der Waals surface area (Å²) >= 11 is 0. The molecule has 0 saturated carbocycles. The molecule has 2 unspecified atom stereocenters. The first kappa shape index (κ1) is 13.8. The number of nitrogens with zero attached hydrogens (tertiary/aromatic N) is 2. The number of hydrogen-bond acceptors (Lipinski definition) is 4. The molecule has 1 aromatic heterocycles. The zero-order valence-corrected chi connectivity index (χ0v) is 12.6. The molecule has 0 bridgehead atoms. The van der Waals surface area contributed by atoms with E-state index in [1.807, 2.05) is 6.07 Å². The average Bonchev–Trinajstić information content (AvgIpc) is 2.97. The van der Waals surface area contributed by atoms with Crippen molar-refractivity contribution in [1.29, 1.82) is 0 Å². The quantitative estimate of drug-likeness (QED) is 0.925. The van der Waals surface area contributed by atoms with E-state index in [0.717, 1.165) is 12.3 Å². The van der Waals surface area contributed by atoms with Crippen LogP contribution in [0, 0.1) is 0 Å². The molecule has 2 fully saturated rings. The molecule has 1 aromatic carbocycles. The first-order valence-corrected chi connectivity index (χ1v) is 8.17. The number of oxazole rings is 1. The van der Waals surface area contributed by atoms with Crippen molar-refractivity contribution < 1.29 is 9.21 Å². The number of hydrogen-bond donors (Lipinski definition) is 1. The number of carbonyl (C=O) groups is 1. The number of fused-ring (bicyclic) bond motifs is 2. The number of carbonyl (C=O) groups excluding carboxylic acids is 1. The highest BCUT2D eigenvalue weighted by Gasteiger charge is 2.36. The molecule has 0 spiro atoms. The minimum atomic E-state index is -0.451. The van der Waals surface area contributed by atoms with Gasteiger partial charge in [0.05, 0.1) is 11.5 Å². The molecule has 2 aliphatic heterocycles. The van der Waals surface area contributed by atoms with Crippen LogP contribution in [0.1, 0.15) is 54.3 Å². The summed E-state index contributed by atoms with van der Waals surface area (Å²) in [5.74, 6) is 0.663. The Morgan fingerprint density at radius 2 is 2.09 bits per heavy atom. The predicted molar refractivity (Wildman–Crippen MR) is 83.7 cm³/mol. The third-order valence-electron chi connectivity index (χ3n) is 5.11. The summed E-state index contributed by atoms with van der Waals surface area (Å²) in [6, 6.07) is 5.91. The molecule has 5 heteroatoms. The van der Waals surface area contributed by atoms with Gasteiger partial charge in [0.1, 0.15) is 5.52 Å². The van der Waals surface area contributed by atoms with Gasteiger partial charge in [-0.2, -0.15) is 0 Å². The molecule has 2 saturated heterocycles. The van der Waals surface area contributed by atoms with E-state index in [1.54, 1.807) is 12.1 Å². The maximum absolute atomic E-state index is 11.6. The third kappa shape index (κ3) is 2.20. The largest absolute Gasteiger partial charge is 0.440 e. The standard InChI is InChI=1S/C17H21N3O2/c18-16(21)12-5-3-8-14-15(12)19-17(22-14)11-6-4-10-20-9-2-1-7-13(11)20/h3,5,8,11,13H,1-2,4,6-7,9-10H2,(H2,18,21). The van der Waals surface area contributed by atoms with Crippen molar-refractivity contribution in [2.24, 2.45) is 5.73 Å².